The zero-order chi connectivity index (χ0) is 15.6. The Bertz CT molecular complexity index is 634. The van der Waals surface area contributed by atoms with Crippen LogP contribution < -0.4 is 5.73 Å². The lowest BCUT2D eigenvalue weighted by molar-refractivity contribution is -0.137. The van der Waals surface area contributed by atoms with Crippen LogP contribution in [-0.4, -0.2) is 4.98 Å². The van der Waals surface area contributed by atoms with Gasteiger partial charge < -0.3 is 5.73 Å². The minimum absolute atomic E-state index is 0.130. The third kappa shape index (κ3) is 3.97. The van der Waals surface area contributed by atoms with Gasteiger partial charge in [-0.2, -0.15) is 13.2 Å². The van der Waals surface area contributed by atoms with Crippen molar-refractivity contribution in [3.8, 4) is 11.3 Å². The maximum Gasteiger partial charge on any atom is 0.416 e. The lowest BCUT2D eigenvalue weighted by Gasteiger charge is -2.11. The molecule has 0 bridgehead atoms. The molecule has 0 aliphatic carbocycles. The van der Waals surface area contributed by atoms with E-state index in [2.05, 4.69) is 18.8 Å². The number of rotatable bonds is 3. The van der Waals surface area contributed by atoms with Crippen LogP contribution in [-0.2, 0) is 12.6 Å². The predicted molar refractivity (Wildman–Crippen MR) is 77.6 cm³/mol. The van der Waals surface area contributed by atoms with Gasteiger partial charge in [-0.3, -0.25) is 0 Å². The first-order valence-electron chi connectivity index (χ1n) is 6.70. The number of hydrogen-bond donors (Lipinski definition) is 1. The van der Waals surface area contributed by atoms with E-state index in [9.17, 15) is 13.2 Å². The summed E-state index contributed by atoms with van der Waals surface area (Å²) in [6, 6.07) is 9.27. The Morgan fingerprint density at radius 1 is 1.14 bits per heavy atom. The highest BCUT2D eigenvalue weighted by molar-refractivity contribution is 5.63. The van der Waals surface area contributed by atoms with Crippen molar-refractivity contribution in [1.82, 2.24) is 4.98 Å². The molecule has 2 aromatic rings. The molecule has 0 spiro atoms. The van der Waals surface area contributed by atoms with Crippen LogP contribution in [0, 0.1) is 5.92 Å². The number of benzene rings is 1. The Kier molecular flexibility index (Phi) is 4.21. The molecule has 0 amide bonds. The summed E-state index contributed by atoms with van der Waals surface area (Å²) in [7, 11) is 0. The number of hydrogen-bond acceptors (Lipinski definition) is 2. The lowest BCUT2D eigenvalue weighted by Crippen LogP contribution is -2.07. The largest absolute Gasteiger partial charge is 0.416 e. The number of halogens is 3. The second-order valence-electron chi connectivity index (χ2n) is 5.46. The molecule has 2 rings (SSSR count). The summed E-state index contributed by atoms with van der Waals surface area (Å²) >= 11 is 0. The lowest BCUT2D eigenvalue weighted by atomic mass is 9.99. The molecule has 0 aliphatic heterocycles. The first-order valence-corrected chi connectivity index (χ1v) is 6.70. The molecule has 0 saturated carbocycles. The van der Waals surface area contributed by atoms with Crippen LogP contribution in [0.3, 0.4) is 0 Å². The molecule has 0 aliphatic rings. The van der Waals surface area contributed by atoms with Crippen molar-refractivity contribution in [2.75, 3.05) is 5.73 Å². The third-order valence-corrected chi connectivity index (χ3v) is 3.04. The van der Waals surface area contributed by atoms with Gasteiger partial charge in [-0.1, -0.05) is 32.0 Å². The molecule has 1 aromatic heterocycles. The van der Waals surface area contributed by atoms with Crippen molar-refractivity contribution in [3.05, 3.63) is 47.5 Å². The first kappa shape index (κ1) is 15.4. The fourth-order valence-electron chi connectivity index (χ4n) is 2.19. The fourth-order valence-corrected chi connectivity index (χ4v) is 2.19. The van der Waals surface area contributed by atoms with Crippen molar-refractivity contribution in [3.63, 3.8) is 0 Å². The van der Waals surface area contributed by atoms with Crippen LogP contribution in [0.2, 0.25) is 0 Å². The number of aromatic nitrogens is 1. The standard InChI is InChI=1S/C16H17F3N2/c1-10(2)6-11-4-3-5-12(7-11)14-8-13(16(17,18)19)9-15(20)21-14/h3-5,7-10H,6H2,1-2H3,(H2,20,21). The van der Waals surface area contributed by atoms with E-state index in [1.165, 1.54) is 0 Å². The molecule has 2 nitrogen and oxygen atoms in total. The summed E-state index contributed by atoms with van der Waals surface area (Å²) in [5, 5.41) is 0. The van der Waals surface area contributed by atoms with E-state index >= 15 is 0 Å². The molecule has 1 heterocycles. The summed E-state index contributed by atoms with van der Waals surface area (Å²) in [4.78, 5) is 4.02. The van der Waals surface area contributed by atoms with Crippen LogP contribution in [0.15, 0.2) is 36.4 Å². The van der Waals surface area contributed by atoms with Crippen LogP contribution >= 0.6 is 0 Å². The van der Waals surface area contributed by atoms with Gasteiger partial charge in [0.05, 0.1) is 11.3 Å². The Hall–Kier alpha value is -2.04. The van der Waals surface area contributed by atoms with Gasteiger partial charge in [0.25, 0.3) is 0 Å². The number of pyridine rings is 1. The summed E-state index contributed by atoms with van der Waals surface area (Å²) in [5.41, 5.74) is 6.68. The van der Waals surface area contributed by atoms with E-state index in [1.54, 1.807) is 6.07 Å². The minimum atomic E-state index is -4.43. The van der Waals surface area contributed by atoms with Gasteiger partial charge in [0.2, 0.25) is 0 Å². The smallest absolute Gasteiger partial charge is 0.384 e. The monoisotopic (exact) mass is 294 g/mol. The molecular formula is C16H17F3N2. The van der Waals surface area contributed by atoms with E-state index in [-0.39, 0.29) is 11.5 Å². The van der Waals surface area contributed by atoms with Gasteiger partial charge in [0.1, 0.15) is 5.82 Å². The van der Waals surface area contributed by atoms with Crippen molar-refractivity contribution in [2.45, 2.75) is 26.4 Å². The van der Waals surface area contributed by atoms with Crippen LogP contribution in [0.1, 0.15) is 25.0 Å². The fraction of sp³-hybridized carbons (Fsp3) is 0.312. The predicted octanol–water partition coefficient (Wildman–Crippen LogP) is 4.55. The van der Waals surface area contributed by atoms with Gasteiger partial charge in [-0.05, 0) is 36.1 Å². The average Bonchev–Trinajstić information content (AvgIpc) is 2.36. The van der Waals surface area contributed by atoms with Crippen molar-refractivity contribution in [1.29, 1.82) is 0 Å². The summed E-state index contributed by atoms with van der Waals surface area (Å²) in [5.74, 6) is 0.342. The van der Waals surface area contributed by atoms with E-state index in [0.717, 1.165) is 24.1 Å². The van der Waals surface area contributed by atoms with Gasteiger partial charge in [-0.25, -0.2) is 4.98 Å². The molecule has 0 atom stereocenters. The highest BCUT2D eigenvalue weighted by atomic mass is 19.4. The number of nitrogen functional groups attached to an aromatic ring is 1. The second-order valence-corrected chi connectivity index (χ2v) is 5.46. The molecule has 0 saturated heterocycles. The third-order valence-electron chi connectivity index (χ3n) is 3.04. The Labute approximate surface area is 121 Å². The maximum absolute atomic E-state index is 12.8. The zero-order valence-corrected chi connectivity index (χ0v) is 11.9. The maximum atomic E-state index is 12.8. The average molecular weight is 294 g/mol. The van der Waals surface area contributed by atoms with Crippen molar-refractivity contribution < 1.29 is 13.2 Å². The van der Waals surface area contributed by atoms with Crippen molar-refractivity contribution >= 4 is 5.82 Å². The quantitative estimate of drug-likeness (QED) is 0.902. The van der Waals surface area contributed by atoms with Gasteiger partial charge in [0.15, 0.2) is 0 Å². The molecule has 21 heavy (non-hydrogen) atoms. The Balaban J connectivity index is 2.44. The molecule has 0 radical (unpaired) electrons. The molecule has 2 N–H and O–H groups in total. The topological polar surface area (TPSA) is 38.9 Å². The van der Waals surface area contributed by atoms with E-state index in [0.29, 0.717) is 11.5 Å². The number of anilines is 1. The molecular weight excluding hydrogens is 277 g/mol. The Morgan fingerprint density at radius 3 is 2.48 bits per heavy atom. The molecule has 5 heteroatoms. The van der Waals surface area contributed by atoms with Crippen molar-refractivity contribution in [2.24, 2.45) is 5.92 Å². The molecule has 112 valence electrons. The number of nitrogens with two attached hydrogens (primary N) is 1. The minimum Gasteiger partial charge on any atom is -0.384 e. The summed E-state index contributed by atoms with van der Waals surface area (Å²) < 4.78 is 38.5. The Morgan fingerprint density at radius 2 is 1.86 bits per heavy atom. The van der Waals surface area contributed by atoms with Gasteiger partial charge in [0, 0.05) is 5.56 Å². The van der Waals surface area contributed by atoms with Gasteiger partial charge in [-0.15, -0.1) is 0 Å². The SMILES string of the molecule is CC(C)Cc1cccc(-c2cc(C(F)(F)F)cc(N)n2)c1. The summed E-state index contributed by atoms with van der Waals surface area (Å²) in [6.45, 7) is 4.18. The first-order chi connectivity index (χ1) is 9.75. The van der Waals surface area contributed by atoms with E-state index in [4.69, 9.17) is 5.73 Å². The highest BCUT2D eigenvalue weighted by Gasteiger charge is 2.31. The number of alkyl halides is 3. The summed E-state index contributed by atoms with van der Waals surface area (Å²) in [6.07, 6.45) is -3.57. The molecule has 1 aromatic carbocycles. The van der Waals surface area contributed by atoms with E-state index < -0.39 is 11.7 Å². The van der Waals surface area contributed by atoms with Crippen LogP contribution in [0.4, 0.5) is 19.0 Å². The van der Waals surface area contributed by atoms with E-state index in [1.807, 2.05) is 18.2 Å². The molecule has 0 unspecified atom stereocenters. The van der Waals surface area contributed by atoms with Crippen LogP contribution in [0.25, 0.3) is 11.3 Å². The second kappa shape index (κ2) is 5.76. The van der Waals surface area contributed by atoms with Gasteiger partial charge >= 0.3 is 6.18 Å². The normalized spacial score (nSPS) is 11.9. The van der Waals surface area contributed by atoms with Crippen LogP contribution in [0.5, 0.6) is 0 Å². The highest BCUT2D eigenvalue weighted by Crippen LogP contribution is 2.33. The number of nitrogens with zero attached hydrogens (tertiary/aromatic N) is 1. The molecule has 0 fully saturated rings. The zero-order valence-electron chi connectivity index (χ0n) is 11.9.